The summed E-state index contributed by atoms with van der Waals surface area (Å²) in [5.74, 6) is 0.992. The molecule has 2 aliphatic rings. The first-order chi connectivity index (χ1) is 17.1. The Morgan fingerprint density at radius 1 is 1.03 bits per heavy atom. The Morgan fingerprint density at radius 2 is 1.83 bits per heavy atom. The Morgan fingerprint density at radius 3 is 2.60 bits per heavy atom. The Labute approximate surface area is 208 Å². The molecule has 7 heteroatoms. The smallest absolute Gasteiger partial charge is 0.321 e. The van der Waals surface area contributed by atoms with Crippen LogP contribution < -0.4 is 15.4 Å². The van der Waals surface area contributed by atoms with Crippen LogP contribution in [0.15, 0.2) is 48.5 Å². The summed E-state index contributed by atoms with van der Waals surface area (Å²) in [5, 5.41) is 6.07. The van der Waals surface area contributed by atoms with Crippen LogP contribution in [0.1, 0.15) is 60.9 Å². The van der Waals surface area contributed by atoms with Crippen molar-refractivity contribution in [2.75, 3.05) is 51.2 Å². The lowest BCUT2D eigenvalue weighted by atomic mass is 9.89. The van der Waals surface area contributed by atoms with E-state index >= 15 is 0 Å². The maximum absolute atomic E-state index is 12.9. The van der Waals surface area contributed by atoms with Gasteiger partial charge in [0.1, 0.15) is 5.75 Å². The van der Waals surface area contributed by atoms with Gasteiger partial charge in [0, 0.05) is 36.8 Å². The zero-order valence-corrected chi connectivity index (χ0v) is 20.8. The number of nitrogens with one attached hydrogen (secondary N) is 2. The lowest BCUT2D eigenvalue weighted by Gasteiger charge is -2.33. The van der Waals surface area contributed by atoms with Gasteiger partial charge >= 0.3 is 6.03 Å². The quantitative estimate of drug-likeness (QED) is 0.512. The summed E-state index contributed by atoms with van der Waals surface area (Å²) in [6.07, 6.45) is 5.51. The molecule has 2 aliphatic heterocycles. The maximum atomic E-state index is 12.9. The lowest BCUT2D eigenvalue weighted by Crippen LogP contribution is -2.41. The summed E-state index contributed by atoms with van der Waals surface area (Å²) in [6.45, 7) is 8.06. The fourth-order valence-corrected chi connectivity index (χ4v) is 4.98. The van der Waals surface area contributed by atoms with Gasteiger partial charge in [-0.2, -0.15) is 0 Å². The maximum Gasteiger partial charge on any atom is 0.321 e. The Balaban J connectivity index is 1.28. The van der Waals surface area contributed by atoms with E-state index in [1.54, 1.807) is 0 Å². The van der Waals surface area contributed by atoms with Crippen molar-refractivity contribution in [2.24, 2.45) is 0 Å². The minimum Gasteiger partial charge on any atom is -0.494 e. The fourth-order valence-electron chi connectivity index (χ4n) is 4.98. The first-order valence-electron chi connectivity index (χ1n) is 13.0. The van der Waals surface area contributed by atoms with Crippen molar-refractivity contribution in [3.63, 3.8) is 0 Å². The summed E-state index contributed by atoms with van der Waals surface area (Å²) < 4.78 is 5.47. The minimum atomic E-state index is -0.0919. The second kappa shape index (κ2) is 12.6. The SMILES string of the molecule is CCOc1ccc(NC(=O)N2CCC[C@H](c3cccc(C(=O)NCCCN4CCCC4)c3)C2)cc1. The molecule has 35 heavy (non-hydrogen) atoms. The predicted molar refractivity (Wildman–Crippen MR) is 139 cm³/mol. The molecule has 4 rings (SSSR count). The first-order valence-corrected chi connectivity index (χ1v) is 13.0. The fraction of sp³-hybridized carbons (Fsp3) is 0.500. The van der Waals surface area contributed by atoms with Gasteiger partial charge < -0.3 is 25.2 Å². The molecule has 2 aromatic rings. The van der Waals surface area contributed by atoms with Crippen LogP contribution in [-0.2, 0) is 0 Å². The zero-order valence-electron chi connectivity index (χ0n) is 20.8. The molecule has 0 radical (unpaired) electrons. The number of rotatable bonds is 9. The van der Waals surface area contributed by atoms with E-state index in [4.69, 9.17) is 4.74 Å². The molecule has 7 nitrogen and oxygen atoms in total. The molecule has 2 saturated heterocycles. The van der Waals surface area contributed by atoms with Crippen LogP contribution in [0.2, 0.25) is 0 Å². The molecule has 0 unspecified atom stereocenters. The number of likely N-dealkylation sites (tertiary alicyclic amines) is 2. The number of ether oxygens (including phenoxy) is 1. The van der Waals surface area contributed by atoms with Crippen molar-refractivity contribution in [3.05, 3.63) is 59.7 Å². The number of amides is 3. The van der Waals surface area contributed by atoms with Gasteiger partial charge in [0.2, 0.25) is 0 Å². The molecular formula is C28H38N4O3. The second-order valence-corrected chi connectivity index (χ2v) is 9.46. The number of carbonyl (C=O) groups excluding carboxylic acids is 2. The first kappa shape index (κ1) is 25.0. The molecule has 0 spiro atoms. The second-order valence-electron chi connectivity index (χ2n) is 9.46. The van der Waals surface area contributed by atoms with Gasteiger partial charge in [-0.1, -0.05) is 12.1 Å². The minimum absolute atomic E-state index is 0.0193. The highest BCUT2D eigenvalue weighted by Gasteiger charge is 2.25. The van der Waals surface area contributed by atoms with Crippen molar-refractivity contribution in [1.29, 1.82) is 0 Å². The van der Waals surface area contributed by atoms with Gasteiger partial charge in [0.05, 0.1) is 6.61 Å². The number of carbonyl (C=O) groups is 2. The van der Waals surface area contributed by atoms with Crippen LogP contribution in [0.3, 0.4) is 0 Å². The Hall–Kier alpha value is -3.06. The third-order valence-electron chi connectivity index (χ3n) is 6.88. The molecule has 0 aliphatic carbocycles. The third kappa shape index (κ3) is 7.21. The van der Waals surface area contributed by atoms with E-state index in [-0.39, 0.29) is 17.9 Å². The molecule has 0 bridgehead atoms. The highest BCUT2D eigenvalue weighted by atomic mass is 16.5. The molecule has 2 fully saturated rings. The Bertz CT molecular complexity index is 972. The van der Waals surface area contributed by atoms with E-state index in [1.807, 2.05) is 54.3 Å². The summed E-state index contributed by atoms with van der Waals surface area (Å²) >= 11 is 0. The molecule has 2 aromatic carbocycles. The molecule has 0 aromatic heterocycles. The summed E-state index contributed by atoms with van der Waals surface area (Å²) in [5.41, 5.74) is 2.57. The molecule has 3 amide bonds. The zero-order chi connectivity index (χ0) is 24.5. The molecular weight excluding hydrogens is 440 g/mol. The third-order valence-corrected chi connectivity index (χ3v) is 6.88. The van der Waals surface area contributed by atoms with Crippen LogP contribution >= 0.6 is 0 Å². The predicted octanol–water partition coefficient (Wildman–Crippen LogP) is 4.71. The summed E-state index contributed by atoms with van der Waals surface area (Å²) in [6, 6.07) is 15.2. The van der Waals surface area contributed by atoms with E-state index in [2.05, 4.69) is 21.6 Å². The van der Waals surface area contributed by atoms with Crippen molar-refractivity contribution < 1.29 is 14.3 Å². The number of hydrogen-bond acceptors (Lipinski definition) is 4. The van der Waals surface area contributed by atoms with Crippen molar-refractivity contribution in [2.45, 2.75) is 44.9 Å². The topological polar surface area (TPSA) is 73.9 Å². The lowest BCUT2D eigenvalue weighted by molar-refractivity contribution is 0.0951. The van der Waals surface area contributed by atoms with E-state index in [0.29, 0.717) is 25.3 Å². The van der Waals surface area contributed by atoms with Gasteiger partial charge in [0.25, 0.3) is 5.91 Å². The highest BCUT2D eigenvalue weighted by Crippen LogP contribution is 2.28. The summed E-state index contributed by atoms with van der Waals surface area (Å²) in [4.78, 5) is 29.9. The number of urea groups is 1. The van der Waals surface area contributed by atoms with Crippen LogP contribution in [-0.4, -0.2) is 67.6 Å². The number of nitrogens with zero attached hydrogens (tertiary/aromatic N) is 2. The largest absolute Gasteiger partial charge is 0.494 e. The van der Waals surface area contributed by atoms with Gasteiger partial charge in [-0.3, -0.25) is 4.79 Å². The van der Waals surface area contributed by atoms with Crippen molar-refractivity contribution in [3.8, 4) is 5.75 Å². The van der Waals surface area contributed by atoms with Crippen molar-refractivity contribution in [1.82, 2.24) is 15.1 Å². The Kier molecular flexibility index (Phi) is 9.01. The normalized spacial score (nSPS) is 18.3. The highest BCUT2D eigenvalue weighted by molar-refractivity contribution is 5.94. The van der Waals surface area contributed by atoms with Gasteiger partial charge in [-0.15, -0.1) is 0 Å². The van der Waals surface area contributed by atoms with E-state index in [0.717, 1.165) is 49.4 Å². The van der Waals surface area contributed by atoms with Gasteiger partial charge in [-0.05, 0) is 101 Å². The van der Waals surface area contributed by atoms with Crippen LogP contribution in [0.25, 0.3) is 0 Å². The molecule has 2 N–H and O–H groups in total. The van der Waals surface area contributed by atoms with Crippen LogP contribution in [0.5, 0.6) is 5.75 Å². The van der Waals surface area contributed by atoms with E-state index in [9.17, 15) is 9.59 Å². The number of benzene rings is 2. The number of hydrogen-bond donors (Lipinski definition) is 2. The standard InChI is InChI=1S/C28H38N4O3/c1-2-35-26-13-11-25(12-14-26)30-28(34)32-19-6-10-24(21-32)22-8-5-9-23(20-22)27(33)29-15-7-18-31-16-3-4-17-31/h5,8-9,11-14,20,24H,2-4,6-7,10,15-19,21H2,1H3,(H,29,33)(H,30,34)/t24-/m0/s1. The summed E-state index contributed by atoms with van der Waals surface area (Å²) in [7, 11) is 0. The average molecular weight is 479 g/mol. The molecule has 2 heterocycles. The number of anilines is 1. The molecule has 1 atom stereocenters. The molecule has 0 saturated carbocycles. The number of piperidine rings is 1. The van der Waals surface area contributed by atoms with Crippen molar-refractivity contribution >= 4 is 17.6 Å². The van der Waals surface area contributed by atoms with Gasteiger partial charge in [-0.25, -0.2) is 4.79 Å². The monoisotopic (exact) mass is 478 g/mol. The van der Waals surface area contributed by atoms with E-state index in [1.165, 1.54) is 25.9 Å². The van der Waals surface area contributed by atoms with Gasteiger partial charge in [0.15, 0.2) is 0 Å². The molecule has 188 valence electrons. The van der Waals surface area contributed by atoms with Crippen LogP contribution in [0, 0.1) is 0 Å². The average Bonchev–Trinajstić information content (AvgIpc) is 3.42. The van der Waals surface area contributed by atoms with E-state index < -0.39 is 0 Å². The van der Waals surface area contributed by atoms with Crippen LogP contribution in [0.4, 0.5) is 10.5 Å².